The van der Waals surface area contributed by atoms with Gasteiger partial charge in [0.05, 0.1) is 16.8 Å². The first kappa shape index (κ1) is 22.9. The number of carbonyl (C=O) groups is 1. The van der Waals surface area contributed by atoms with E-state index in [4.69, 9.17) is 14.0 Å². The molecule has 2 aliphatic rings. The molecule has 0 bridgehead atoms. The smallest absolute Gasteiger partial charge is 0.444 e. The van der Waals surface area contributed by atoms with Crippen LogP contribution >= 0.6 is 0 Å². The third kappa shape index (κ3) is 4.47. The lowest BCUT2D eigenvalue weighted by atomic mass is 9.76. The monoisotopic (exact) mass is 427 g/mol. The van der Waals surface area contributed by atoms with Crippen molar-refractivity contribution in [2.75, 3.05) is 13.1 Å². The molecular weight excluding hydrogens is 398 g/mol. The number of benzene rings is 1. The first-order valence-electron chi connectivity index (χ1n) is 10.0. The van der Waals surface area contributed by atoms with E-state index in [1.54, 1.807) is 26.8 Å². The predicted molar refractivity (Wildman–Crippen MR) is 108 cm³/mol. The molecule has 0 aliphatic carbocycles. The SMILES string of the molecule is CC(C)(C)OC(=O)N1CC(c2ccc(B3OC(C)(C)C(C)(C)O3)cc2C(F)(F)F)C1. The Kier molecular flexibility index (Phi) is 5.47. The van der Waals surface area contributed by atoms with E-state index in [1.165, 1.54) is 11.0 Å². The largest absolute Gasteiger partial charge is 0.494 e. The van der Waals surface area contributed by atoms with Gasteiger partial charge in [0, 0.05) is 19.0 Å². The topological polar surface area (TPSA) is 48.0 Å². The summed E-state index contributed by atoms with van der Waals surface area (Å²) >= 11 is 0. The number of hydrogen-bond acceptors (Lipinski definition) is 4. The molecule has 0 atom stereocenters. The summed E-state index contributed by atoms with van der Waals surface area (Å²) in [6.07, 6.45) is -5.04. The predicted octanol–water partition coefficient (Wildman–Crippen LogP) is 4.34. The molecular formula is C21H29BF3NO4. The normalized spacial score (nSPS) is 21.5. The number of amides is 1. The van der Waals surface area contributed by atoms with Gasteiger partial charge in [0.2, 0.25) is 0 Å². The van der Waals surface area contributed by atoms with Gasteiger partial charge >= 0.3 is 19.4 Å². The molecule has 0 N–H and O–H groups in total. The number of carbonyl (C=O) groups excluding carboxylic acids is 1. The second-order valence-electron chi connectivity index (χ2n) is 10.0. The summed E-state index contributed by atoms with van der Waals surface area (Å²) in [5.41, 5.74) is -2.16. The molecule has 2 fully saturated rings. The van der Waals surface area contributed by atoms with Gasteiger partial charge in [-0.3, -0.25) is 0 Å². The number of hydrogen-bond donors (Lipinski definition) is 0. The van der Waals surface area contributed by atoms with Crippen molar-refractivity contribution in [1.29, 1.82) is 0 Å². The third-order valence-corrected chi connectivity index (χ3v) is 5.88. The van der Waals surface area contributed by atoms with Gasteiger partial charge in [-0.1, -0.05) is 12.1 Å². The van der Waals surface area contributed by atoms with Crippen molar-refractivity contribution in [1.82, 2.24) is 4.90 Å². The Morgan fingerprint density at radius 1 is 1.10 bits per heavy atom. The quantitative estimate of drug-likeness (QED) is 0.659. The lowest BCUT2D eigenvalue weighted by molar-refractivity contribution is -0.138. The van der Waals surface area contributed by atoms with Crippen LogP contribution in [0.1, 0.15) is 65.5 Å². The van der Waals surface area contributed by atoms with E-state index in [0.29, 0.717) is 5.46 Å². The molecule has 2 aliphatic heterocycles. The molecule has 9 heteroatoms. The summed E-state index contributed by atoms with van der Waals surface area (Å²) in [5, 5.41) is 0. The van der Waals surface area contributed by atoms with E-state index in [2.05, 4.69) is 0 Å². The van der Waals surface area contributed by atoms with Crippen molar-refractivity contribution in [2.45, 2.75) is 77.4 Å². The maximum Gasteiger partial charge on any atom is 0.494 e. The van der Waals surface area contributed by atoms with E-state index in [9.17, 15) is 18.0 Å². The molecule has 3 rings (SSSR count). The molecule has 1 aromatic rings. The van der Waals surface area contributed by atoms with Crippen LogP contribution in [-0.4, -0.2) is 48.0 Å². The summed E-state index contributed by atoms with van der Waals surface area (Å²) in [7, 11) is -0.871. The van der Waals surface area contributed by atoms with E-state index in [0.717, 1.165) is 6.07 Å². The summed E-state index contributed by atoms with van der Waals surface area (Å²) in [6.45, 7) is 13.0. The highest BCUT2D eigenvalue weighted by atomic mass is 19.4. The van der Waals surface area contributed by atoms with Crippen molar-refractivity contribution in [2.24, 2.45) is 0 Å². The minimum absolute atomic E-state index is 0.169. The van der Waals surface area contributed by atoms with Gasteiger partial charge < -0.3 is 18.9 Å². The van der Waals surface area contributed by atoms with Crippen LogP contribution in [-0.2, 0) is 20.2 Å². The number of rotatable bonds is 2. The zero-order chi connectivity index (χ0) is 22.7. The van der Waals surface area contributed by atoms with Crippen LogP contribution in [0.3, 0.4) is 0 Å². The van der Waals surface area contributed by atoms with E-state index < -0.39 is 47.7 Å². The standard InChI is InChI=1S/C21H29BF3NO4/c1-18(2,3)28-17(27)26-11-13(12-26)15-9-8-14(10-16(15)21(23,24)25)22-29-19(4,5)20(6,7)30-22/h8-10,13H,11-12H2,1-7H3. The van der Waals surface area contributed by atoms with Gasteiger partial charge in [-0.05, 0) is 65.6 Å². The molecule has 0 unspecified atom stereocenters. The fraction of sp³-hybridized carbons (Fsp3) is 0.667. The zero-order valence-corrected chi connectivity index (χ0v) is 18.5. The lowest BCUT2D eigenvalue weighted by Gasteiger charge is -2.40. The second-order valence-corrected chi connectivity index (χ2v) is 10.0. The van der Waals surface area contributed by atoms with E-state index in [1.807, 2.05) is 27.7 Å². The van der Waals surface area contributed by atoms with Crippen LogP contribution in [0.4, 0.5) is 18.0 Å². The van der Waals surface area contributed by atoms with Crippen molar-refractivity contribution in [3.63, 3.8) is 0 Å². The molecule has 2 heterocycles. The molecule has 166 valence electrons. The first-order chi connectivity index (χ1) is 13.5. The van der Waals surface area contributed by atoms with Gasteiger partial charge in [-0.25, -0.2) is 4.79 Å². The maximum absolute atomic E-state index is 13.8. The first-order valence-corrected chi connectivity index (χ1v) is 10.0. The molecule has 0 saturated carbocycles. The van der Waals surface area contributed by atoms with E-state index >= 15 is 0 Å². The average Bonchev–Trinajstić information content (AvgIpc) is 2.71. The fourth-order valence-electron chi connectivity index (χ4n) is 3.45. The van der Waals surface area contributed by atoms with E-state index in [-0.39, 0.29) is 18.7 Å². The number of likely N-dealkylation sites (tertiary alicyclic amines) is 1. The zero-order valence-electron chi connectivity index (χ0n) is 18.5. The Hall–Kier alpha value is -1.74. The Morgan fingerprint density at radius 3 is 2.10 bits per heavy atom. The average molecular weight is 427 g/mol. The molecule has 2 saturated heterocycles. The molecule has 5 nitrogen and oxygen atoms in total. The van der Waals surface area contributed by atoms with Gasteiger partial charge in [0.25, 0.3) is 0 Å². The lowest BCUT2D eigenvalue weighted by Crippen LogP contribution is -2.50. The highest BCUT2D eigenvalue weighted by Gasteiger charge is 2.52. The number of alkyl halides is 3. The number of halogens is 3. The Bertz CT molecular complexity index is 811. The summed E-state index contributed by atoms with van der Waals surface area (Å²) in [6, 6.07) is 4.19. The highest BCUT2D eigenvalue weighted by molar-refractivity contribution is 6.62. The second kappa shape index (κ2) is 7.16. The van der Waals surface area contributed by atoms with Gasteiger partial charge in [-0.2, -0.15) is 13.2 Å². The minimum atomic E-state index is -4.53. The van der Waals surface area contributed by atoms with Crippen LogP contribution < -0.4 is 5.46 Å². The van der Waals surface area contributed by atoms with Crippen LogP contribution in [0.5, 0.6) is 0 Å². The summed E-state index contributed by atoms with van der Waals surface area (Å²) in [5.74, 6) is -0.401. The van der Waals surface area contributed by atoms with Crippen LogP contribution in [0.25, 0.3) is 0 Å². The molecule has 0 spiro atoms. The minimum Gasteiger partial charge on any atom is -0.444 e. The van der Waals surface area contributed by atoms with Gasteiger partial charge in [0.1, 0.15) is 5.60 Å². The van der Waals surface area contributed by atoms with Crippen LogP contribution in [0.15, 0.2) is 18.2 Å². The fourth-order valence-corrected chi connectivity index (χ4v) is 3.45. The molecule has 0 aromatic heterocycles. The summed E-state index contributed by atoms with van der Waals surface area (Å²) in [4.78, 5) is 13.5. The van der Waals surface area contributed by atoms with Crippen molar-refractivity contribution in [3.8, 4) is 0 Å². The molecule has 1 aromatic carbocycles. The molecule has 30 heavy (non-hydrogen) atoms. The van der Waals surface area contributed by atoms with Crippen molar-refractivity contribution >= 4 is 18.7 Å². The van der Waals surface area contributed by atoms with Crippen molar-refractivity contribution < 1.29 is 32.0 Å². The third-order valence-electron chi connectivity index (χ3n) is 5.88. The Balaban J connectivity index is 1.80. The maximum atomic E-state index is 13.8. The summed E-state index contributed by atoms with van der Waals surface area (Å²) < 4.78 is 58.6. The molecule has 0 radical (unpaired) electrons. The number of ether oxygens (including phenoxy) is 1. The van der Waals surface area contributed by atoms with Gasteiger partial charge in [-0.15, -0.1) is 0 Å². The number of nitrogens with zero attached hydrogens (tertiary/aromatic N) is 1. The molecule has 1 amide bonds. The van der Waals surface area contributed by atoms with Crippen molar-refractivity contribution in [3.05, 3.63) is 29.3 Å². The highest BCUT2D eigenvalue weighted by Crippen LogP contribution is 2.40. The van der Waals surface area contributed by atoms with Crippen LogP contribution in [0.2, 0.25) is 0 Å². The van der Waals surface area contributed by atoms with Crippen LogP contribution in [0, 0.1) is 0 Å². The Labute approximate surface area is 176 Å². The Morgan fingerprint density at radius 2 is 1.63 bits per heavy atom. The van der Waals surface area contributed by atoms with Gasteiger partial charge in [0.15, 0.2) is 0 Å².